The molecule has 5 rings (SSSR count). The van der Waals surface area contributed by atoms with Gasteiger partial charge in [0.25, 0.3) is 5.91 Å². The lowest BCUT2D eigenvalue weighted by Crippen LogP contribution is -2.48. The summed E-state index contributed by atoms with van der Waals surface area (Å²) in [6.07, 6.45) is 3.01. The Hall–Kier alpha value is -4.01. The molecule has 0 radical (unpaired) electrons. The standard InChI is InChI=1S/C24H19FN2O6/c25-16-7-5-15(6-8-16)19-22(30)27(21(29)18-4-2-14-33-18)23(31)24(19)9-11-26(12-10-24)20(28)17-3-1-13-32-17/h1-8,13-14,19H,9-12H2/t19-/m1/s1. The fraction of sp³-hybridized carbons (Fsp3) is 0.250. The number of hydrogen-bond donors (Lipinski definition) is 0. The Balaban J connectivity index is 1.50. The van der Waals surface area contributed by atoms with Crippen molar-refractivity contribution in [3.63, 3.8) is 0 Å². The van der Waals surface area contributed by atoms with Crippen molar-refractivity contribution >= 4 is 23.6 Å². The average Bonchev–Trinajstić information content (AvgIpc) is 3.57. The van der Waals surface area contributed by atoms with Gasteiger partial charge in [0, 0.05) is 13.1 Å². The van der Waals surface area contributed by atoms with Gasteiger partial charge in [0.05, 0.1) is 23.9 Å². The molecule has 3 aromatic rings. The number of piperidine rings is 1. The molecule has 0 bridgehead atoms. The molecule has 8 nitrogen and oxygen atoms in total. The minimum absolute atomic E-state index is 0.128. The monoisotopic (exact) mass is 450 g/mol. The van der Waals surface area contributed by atoms with Crippen molar-refractivity contribution in [2.24, 2.45) is 5.41 Å². The molecule has 9 heteroatoms. The van der Waals surface area contributed by atoms with E-state index in [2.05, 4.69) is 0 Å². The summed E-state index contributed by atoms with van der Waals surface area (Å²) in [5, 5.41) is 0. The number of halogens is 1. The molecule has 2 aliphatic rings. The van der Waals surface area contributed by atoms with Gasteiger partial charge in [-0.2, -0.15) is 0 Å². The SMILES string of the molecule is O=C(c1ccco1)N1CCC2(CC1)C(=O)N(C(=O)c1ccco1)C(=O)[C@H]2c1ccc(F)cc1. The number of carbonyl (C=O) groups excluding carboxylic acids is 4. The largest absolute Gasteiger partial charge is 0.459 e. The highest BCUT2D eigenvalue weighted by Gasteiger charge is 2.62. The molecular weight excluding hydrogens is 431 g/mol. The van der Waals surface area contributed by atoms with Crippen LogP contribution < -0.4 is 0 Å². The molecule has 33 heavy (non-hydrogen) atoms. The third kappa shape index (κ3) is 3.27. The van der Waals surface area contributed by atoms with Crippen LogP contribution in [0.15, 0.2) is 69.9 Å². The van der Waals surface area contributed by atoms with E-state index in [1.165, 1.54) is 48.9 Å². The second-order valence-electron chi connectivity index (χ2n) is 8.17. The van der Waals surface area contributed by atoms with E-state index in [4.69, 9.17) is 8.83 Å². The lowest BCUT2D eigenvalue weighted by Gasteiger charge is -2.40. The predicted molar refractivity (Wildman–Crippen MR) is 110 cm³/mol. The summed E-state index contributed by atoms with van der Waals surface area (Å²) in [6, 6.07) is 11.4. The number of imide groups is 3. The zero-order valence-electron chi connectivity index (χ0n) is 17.4. The van der Waals surface area contributed by atoms with Gasteiger partial charge < -0.3 is 13.7 Å². The Kier molecular flexibility index (Phi) is 4.96. The van der Waals surface area contributed by atoms with Crippen LogP contribution in [0.25, 0.3) is 0 Å². The third-order valence-corrected chi connectivity index (χ3v) is 6.46. The first-order valence-electron chi connectivity index (χ1n) is 10.5. The van der Waals surface area contributed by atoms with E-state index in [-0.39, 0.29) is 43.4 Å². The molecule has 168 valence electrons. The topological polar surface area (TPSA) is 101 Å². The summed E-state index contributed by atoms with van der Waals surface area (Å²) in [4.78, 5) is 54.9. The van der Waals surface area contributed by atoms with E-state index >= 15 is 0 Å². The van der Waals surface area contributed by atoms with Gasteiger partial charge in [0.2, 0.25) is 11.8 Å². The van der Waals surface area contributed by atoms with Crippen molar-refractivity contribution in [2.45, 2.75) is 18.8 Å². The van der Waals surface area contributed by atoms with Crippen LogP contribution in [0.5, 0.6) is 0 Å². The average molecular weight is 450 g/mol. The Labute approximate surface area is 187 Å². The molecule has 0 N–H and O–H groups in total. The minimum Gasteiger partial charge on any atom is -0.459 e. The maximum atomic E-state index is 13.6. The normalized spacial score (nSPS) is 20.0. The van der Waals surface area contributed by atoms with Gasteiger partial charge in [-0.05, 0) is 54.8 Å². The van der Waals surface area contributed by atoms with Gasteiger partial charge >= 0.3 is 5.91 Å². The van der Waals surface area contributed by atoms with E-state index in [1.807, 2.05) is 0 Å². The van der Waals surface area contributed by atoms with Gasteiger partial charge in [-0.25, -0.2) is 9.29 Å². The van der Waals surface area contributed by atoms with Crippen molar-refractivity contribution < 1.29 is 32.4 Å². The van der Waals surface area contributed by atoms with Crippen molar-refractivity contribution in [1.29, 1.82) is 0 Å². The molecule has 2 aliphatic heterocycles. The second-order valence-corrected chi connectivity index (χ2v) is 8.17. The van der Waals surface area contributed by atoms with E-state index in [0.29, 0.717) is 10.5 Å². The fourth-order valence-corrected chi connectivity index (χ4v) is 4.80. The number of rotatable bonds is 3. The summed E-state index contributed by atoms with van der Waals surface area (Å²) in [5.41, 5.74) is -0.799. The highest BCUT2D eigenvalue weighted by atomic mass is 19.1. The first-order valence-corrected chi connectivity index (χ1v) is 10.5. The fourth-order valence-electron chi connectivity index (χ4n) is 4.80. The van der Waals surface area contributed by atoms with E-state index in [1.54, 1.807) is 17.0 Å². The number of likely N-dealkylation sites (tertiary alicyclic amines) is 2. The highest BCUT2D eigenvalue weighted by molar-refractivity contribution is 6.23. The molecule has 0 unspecified atom stereocenters. The zero-order valence-corrected chi connectivity index (χ0v) is 17.4. The number of benzene rings is 1. The third-order valence-electron chi connectivity index (χ3n) is 6.46. The van der Waals surface area contributed by atoms with Crippen LogP contribution >= 0.6 is 0 Å². The van der Waals surface area contributed by atoms with Crippen LogP contribution in [-0.2, 0) is 9.59 Å². The zero-order chi connectivity index (χ0) is 23.2. The van der Waals surface area contributed by atoms with Crippen LogP contribution in [0.2, 0.25) is 0 Å². The van der Waals surface area contributed by atoms with Gasteiger partial charge in [-0.3, -0.25) is 19.2 Å². The van der Waals surface area contributed by atoms with Crippen LogP contribution in [0, 0.1) is 11.2 Å². The van der Waals surface area contributed by atoms with Crippen molar-refractivity contribution in [2.75, 3.05) is 13.1 Å². The number of carbonyl (C=O) groups is 4. The van der Waals surface area contributed by atoms with E-state index in [0.717, 1.165) is 0 Å². The first-order chi connectivity index (χ1) is 15.9. The predicted octanol–water partition coefficient (Wildman–Crippen LogP) is 3.23. The maximum absolute atomic E-state index is 13.6. The molecule has 4 heterocycles. The summed E-state index contributed by atoms with van der Waals surface area (Å²) in [5.74, 6) is -3.87. The molecule has 0 aliphatic carbocycles. The maximum Gasteiger partial charge on any atom is 0.303 e. The summed E-state index contributed by atoms with van der Waals surface area (Å²) in [7, 11) is 0. The summed E-state index contributed by atoms with van der Waals surface area (Å²) in [6.45, 7) is 0.387. The van der Waals surface area contributed by atoms with Crippen molar-refractivity contribution in [3.8, 4) is 0 Å². The van der Waals surface area contributed by atoms with Crippen molar-refractivity contribution in [1.82, 2.24) is 9.80 Å². The second kappa shape index (κ2) is 7.84. The molecule has 0 saturated carbocycles. The molecule has 2 aromatic heterocycles. The van der Waals surface area contributed by atoms with Crippen molar-refractivity contribution in [3.05, 3.63) is 84.0 Å². The van der Waals surface area contributed by atoms with Crippen LogP contribution in [0.4, 0.5) is 4.39 Å². The summed E-state index contributed by atoms with van der Waals surface area (Å²) < 4.78 is 23.9. The van der Waals surface area contributed by atoms with Crippen LogP contribution in [-0.4, -0.2) is 46.5 Å². The molecule has 4 amide bonds. The molecule has 1 aromatic carbocycles. The van der Waals surface area contributed by atoms with Gasteiger partial charge in [0.15, 0.2) is 11.5 Å². The molecule has 2 fully saturated rings. The Morgan fingerprint density at radius 1 is 0.879 bits per heavy atom. The quantitative estimate of drug-likeness (QED) is 0.568. The molecule has 2 saturated heterocycles. The Bertz CT molecular complexity index is 1210. The lowest BCUT2D eigenvalue weighted by atomic mass is 9.67. The molecular formula is C24H19FN2O6. The summed E-state index contributed by atoms with van der Waals surface area (Å²) >= 11 is 0. The van der Waals surface area contributed by atoms with Crippen LogP contribution in [0.1, 0.15) is 45.4 Å². The highest BCUT2D eigenvalue weighted by Crippen LogP contribution is 2.52. The lowest BCUT2D eigenvalue weighted by molar-refractivity contribution is -0.139. The molecule has 1 spiro atoms. The van der Waals surface area contributed by atoms with Crippen LogP contribution in [0.3, 0.4) is 0 Å². The minimum atomic E-state index is -1.24. The Morgan fingerprint density at radius 3 is 2.00 bits per heavy atom. The van der Waals surface area contributed by atoms with E-state index < -0.39 is 34.9 Å². The Morgan fingerprint density at radius 2 is 1.45 bits per heavy atom. The first kappa shape index (κ1) is 20.9. The van der Waals surface area contributed by atoms with Gasteiger partial charge in [-0.15, -0.1) is 0 Å². The number of nitrogens with zero attached hydrogens (tertiary/aromatic N) is 2. The van der Waals surface area contributed by atoms with E-state index in [9.17, 15) is 23.6 Å². The number of amides is 4. The number of furan rings is 2. The molecule has 1 atom stereocenters. The van der Waals surface area contributed by atoms with Gasteiger partial charge in [-0.1, -0.05) is 12.1 Å². The van der Waals surface area contributed by atoms with Gasteiger partial charge in [0.1, 0.15) is 5.82 Å². The number of hydrogen-bond acceptors (Lipinski definition) is 6. The smallest absolute Gasteiger partial charge is 0.303 e.